The normalized spacial score (nSPS) is 14.3. The van der Waals surface area contributed by atoms with Crippen LogP contribution < -0.4 is 5.32 Å². The Morgan fingerprint density at radius 1 is 1.14 bits per heavy atom. The Labute approximate surface area is 125 Å². The molecule has 0 spiro atoms. The minimum atomic E-state index is -0.165. The van der Waals surface area contributed by atoms with E-state index in [1.165, 1.54) is 0 Å². The number of benzene rings is 1. The first-order chi connectivity index (χ1) is 10.8. The van der Waals surface area contributed by atoms with E-state index in [4.69, 9.17) is 4.52 Å². The highest BCUT2D eigenvalue weighted by molar-refractivity contribution is 5.94. The molecule has 0 saturated carbocycles. The Bertz CT molecular complexity index is 822. The van der Waals surface area contributed by atoms with Gasteiger partial charge in [0.1, 0.15) is 5.69 Å². The van der Waals surface area contributed by atoms with Crippen LogP contribution in [0.1, 0.15) is 22.6 Å². The minimum Gasteiger partial charge on any atom is -0.351 e. The van der Waals surface area contributed by atoms with E-state index >= 15 is 0 Å². The number of aromatic amines is 1. The molecule has 110 valence electrons. The van der Waals surface area contributed by atoms with Gasteiger partial charge < -0.3 is 14.8 Å². The maximum absolute atomic E-state index is 11.9. The molecule has 2 aromatic heterocycles. The molecule has 0 fully saturated rings. The molecule has 3 aromatic rings. The van der Waals surface area contributed by atoms with Gasteiger partial charge in [0, 0.05) is 17.8 Å². The second-order valence-electron chi connectivity index (χ2n) is 5.06. The first-order valence-electron chi connectivity index (χ1n) is 7.08. The van der Waals surface area contributed by atoms with Crippen molar-refractivity contribution >= 4 is 5.91 Å². The van der Waals surface area contributed by atoms with E-state index in [0.717, 1.165) is 24.1 Å². The van der Waals surface area contributed by atoms with E-state index in [-0.39, 0.29) is 5.91 Å². The van der Waals surface area contributed by atoms with Crippen molar-refractivity contribution in [2.45, 2.75) is 12.8 Å². The van der Waals surface area contributed by atoms with Crippen LogP contribution in [0.3, 0.4) is 0 Å². The van der Waals surface area contributed by atoms with Crippen LogP contribution in [0.5, 0.6) is 0 Å². The van der Waals surface area contributed by atoms with Gasteiger partial charge in [-0.3, -0.25) is 4.79 Å². The monoisotopic (exact) mass is 295 g/mol. The average molecular weight is 295 g/mol. The van der Waals surface area contributed by atoms with Gasteiger partial charge in [-0.05, 0) is 25.0 Å². The number of nitrogens with one attached hydrogen (secondary N) is 2. The number of hydrogen-bond donors (Lipinski definition) is 2. The van der Waals surface area contributed by atoms with Crippen molar-refractivity contribution in [2.75, 3.05) is 6.54 Å². The van der Waals surface area contributed by atoms with Crippen LogP contribution in [0, 0.1) is 0 Å². The van der Waals surface area contributed by atoms with E-state index in [9.17, 15) is 4.79 Å². The van der Waals surface area contributed by atoms with Crippen molar-refractivity contribution in [2.24, 2.45) is 0 Å². The minimum absolute atomic E-state index is 0.165. The van der Waals surface area contributed by atoms with Crippen LogP contribution in [0.2, 0.25) is 0 Å². The lowest BCUT2D eigenvalue weighted by atomic mass is 10.2. The largest absolute Gasteiger partial charge is 0.351 e. The first-order valence-corrected chi connectivity index (χ1v) is 7.08. The molecule has 2 N–H and O–H groups in total. The van der Waals surface area contributed by atoms with Gasteiger partial charge in [0.25, 0.3) is 11.8 Å². The second-order valence-corrected chi connectivity index (χ2v) is 5.06. The van der Waals surface area contributed by atoms with Gasteiger partial charge >= 0.3 is 0 Å². The number of hydrogen-bond acceptors (Lipinski definition) is 5. The zero-order valence-electron chi connectivity index (χ0n) is 11.7. The van der Waals surface area contributed by atoms with Gasteiger partial charge in [0.2, 0.25) is 5.82 Å². The summed E-state index contributed by atoms with van der Waals surface area (Å²) in [6.07, 6.45) is 1.65. The van der Waals surface area contributed by atoms with Gasteiger partial charge in [-0.1, -0.05) is 23.4 Å². The molecule has 7 nitrogen and oxygen atoms in total. The van der Waals surface area contributed by atoms with Crippen LogP contribution in [0.4, 0.5) is 0 Å². The number of aromatic nitrogens is 4. The van der Waals surface area contributed by atoms with E-state index < -0.39 is 0 Å². The van der Waals surface area contributed by atoms with Crippen molar-refractivity contribution in [1.29, 1.82) is 0 Å². The molecule has 3 heterocycles. The Morgan fingerprint density at radius 3 is 2.86 bits per heavy atom. The fourth-order valence-electron chi connectivity index (χ4n) is 2.45. The fourth-order valence-corrected chi connectivity index (χ4v) is 2.45. The Kier molecular flexibility index (Phi) is 2.96. The summed E-state index contributed by atoms with van der Waals surface area (Å²) in [7, 11) is 0. The van der Waals surface area contributed by atoms with E-state index in [1.807, 2.05) is 30.3 Å². The van der Waals surface area contributed by atoms with Gasteiger partial charge in [-0.2, -0.15) is 4.98 Å². The summed E-state index contributed by atoms with van der Waals surface area (Å²) in [6, 6.07) is 9.50. The van der Waals surface area contributed by atoms with Crippen LogP contribution in [0.25, 0.3) is 23.1 Å². The highest BCUT2D eigenvalue weighted by atomic mass is 16.5. The quantitative estimate of drug-likeness (QED) is 0.751. The predicted molar refractivity (Wildman–Crippen MR) is 78.0 cm³/mol. The summed E-state index contributed by atoms with van der Waals surface area (Å²) in [5, 5.41) is 6.75. The molecule has 0 aliphatic carbocycles. The summed E-state index contributed by atoms with van der Waals surface area (Å²) in [5.74, 6) is 1.06. The molecule has 1 aliphatic heterocycles. The third-order valence-corrected chi connectivity index (χ3v) is 3.54. The summed E-state index contributed by atoms with van der Waals surface area (Å²) < 4.78 is 5.27. The Morgan fingerprint density at radius 2 is 2.00 bits per heavy atom. The molecular weight excluding hydrogens is 282 g/mol. The van der Waals surface area contributed by atoms with E-state index in [2.05, 4.69) is 25.4 Å². The van der Waals surface area contributed by atoms with Crippen LogP contribution in [-0.4, -0.2) is 32.6 Å². The van der Waals surface area contributed by atoms with Gasteiger partial charge in [0.15, 0.2) is 5.82 Å². The van der Waals surface area contributed by atoms with Crippen molar-refractivity contribution in [1.82, 2.24) is 25.4 Å². The highest BCUT2D eigenvalue weighted by Gasteiger charge is 2.22. The van der Waals surface area contributed by atoms with Gasteiger partial charge in [0.05, 0.1) is 0 Å². The van der Waals surface area contributed by atoms with E-state index in [0.29, 0.717) is 29.8 Å². The number of rotatable bonds is 2. The average Bonchev–Trinajstić information content (AvgIpc) is 3.16. The molecule has 4 rings (SSSR count). The number of amides is 1. The summed E-state index contributed by atoms with van der Waals surface area (Å²) in [4.78, 5) is 23.7. The van der Waals surface area contributed by atoms with Gasteiger partial charge in [-0.25, -0.2) is 4.98 Å². The third kappa shape index (κ3) is 2.16. The smallest absolute Gasteiger partial charge is 0.271 e. The molecule has 22 heavy (non-hydrogen) atoms. The molecule has 7 heteroatoms. The van der Waals surface area contributed by atoms with E-state index in [1.54, 1.807) is 0 Å². The SMILES string of the molecule is O=C1NCCCc2[nH]c(-c3noc(-c4ccccc4)n3)nc21. The van der Waals surface area contributed by atoms with Crippen LogP contribution in [-0.2, 0) is 6.42 Å². The lowest BCUT2D eigenvalue weighted by Crippen LogP contribution is -2.23. The Hall–Kier alpha value is -2.96. The number of nitrogens with zero attached hydrogens (tertiary/aromatic N) is 3. The van der Waals surface area contributed by atoms with Crippen molar-refractivity contribution in [3.63, 3.8) is 0 Å². The van der Waals surface area contributed by atoms with Crippen molar-refractivity contribution in [3.05, 3.63) is 41.7 Å². The molecule has 0 radical (unpaired) electrons. The third-order valence-electron chi connectivity index (χ3n) is 3.54. The first kappa shape index (κ1) is 12.8. The fraction of sp³-hybridized carbons (Fsp3) is 0.200. The maximum atomic E-state index is 11.9. The lowest BCUT2D eigenvalue weighted by molar-refractivity contribution is 0.0951. The second kappa shape index (κ2) is 5.10. The zero-order chi connectivity index (χ0) is 14.9. The number of H-pyrrole nitrogens is 1. The summed E-state index contributed by atoms with van der Waals surface area (Å²) >= 11 is 0. The zero-order valence-corrected chi connectivity index (χ0v) is 11.7. The Balaban J connectivity index is 1.70. The van der Waals surface area contributed by atoms with Crippen LogP contribution >= 0.6 is 0 Å². The maximum Gasteiger partial charge on any atom is 0.271 e. The number of carbonyl (C=O) groups excluding carboxylic acids is 1. The topological polar surface area (TPSA) is 96.7 Å². The molecule has 0 bridgehead atoms. The number of aryl methyl sites for hydroxylation is 1. The molecular formula is C15H13N5O2. The number of fused-ring (bicyclic) bond motifs is 1. The summed E-state index contributed by atoms with van der Waals surface area (Å²) in [6.45, 7) is 0.665. The predicted octanol–water partition coefficient (Wildman–Crippen LogP) is 1.80. The van der Waals surface area contributed by atoms with Crippen molar-refractivity contribution < 1.29 is 9.32 Å². The standard InChI is InChI=1S/C15H13N5O2/c21-14-11-10(7-4-8-16-14)17-12(18-11)13-19-15(22-20-13)9-5-2-1-3-6-9/h1-3,5-6H,4,7-8H2,(H,16,21)(H,17,18). The molecule has 1 aliphatic rings. The van der Waals surface area contributed by atoms with Crippen molar-refractivity contribution in [3.8, 4) is 23.1 Å². The molecule has 0 unspecified atom stereocenters. The number of imidazole rings is 1. The summed E-state index contributed by atoms with van der Waals surface area (Å²) in [5.41, 5.74) is 2.07. The highest BCUT2D eigenvalue weighted by Crippen LogP contribution is 2.22. The molecule has 1 aromatic carbocycles. The molecule has 1 amide bonds. The van der Waals surface area contributed by atoms with Gasteiger partial charge in [-0.15, -0.1) is 0 Å². The molecule has 0 saturated heterocycles. The molecule has 0 atom stereocenters. The number of carbonyl (C=O) groups is 1. The lowest BCUT2D eigenvalue weighted by Gasteiger charge is -1.95. The van der Waals surface area contributed by atoms with Crippen LogP contribution in [0.15, 0.2) is 34.9 Å².